The van der Waals surface area contributed by atoms with Crippen molar-refractivity contribution in [1.82, 2.24) is 0 Å². The Balaban J connectivity index is 2.14. The molecule has 0 N–H and O–H groups in total. The molecule has 3 aromatic rings. The van der Waals surface area contributed by atoms with E-state index in [-0.39, 0.29) is 0 Å². The number of para-hydroxylation sites is 1. The SMILES string of the molecule is C=CC[n+]1c(-c2ccc(N(C)C)cc2)sc2ccccc21. The lowest BCUT2D eigenvalue weighted by atomic mass is 10.2. The summed E-state index contributed by atoms with van der Waals surface area (Å²) in [6.45, 7) is 4.72. The van der Waals surface area contributed by atoms with Gasteiger partial charge in [0.25, 0.3) is 5.01 Å². The second kappa shape index (κ2) is 5.70. The highest BCUT2D eigenvalue weighted by molar-refractivity contribution is 7.21. The van der Waals surface area contributed by atoms with Crippen LogP contribution >= 0.6 is 11.3 Å². The summed E-state index contributed by atoms with van der Waals surface area (Å²) in [5.41, 5.74) is 3.74. The lowest BCUT2D eigenvalue weighted by Gasteiger charge is -2.11. The molecule has 1 heterocycles. The molecule has 0 atom stereocenters. The van der Waals surface area contributed by atoms with E-state index in [2.05, 4.69) is 78.7 Å². The van der Waals surface area contributed by atoms with Gasteiger partial charge in [-0.25, -0.2) is 0 Å². The summed E-state index contributed by atoms with van der Waals surface area (Å²) in [5.74, 6) is 0. The third-order valence-electron chi connectivity index (χ3n) is 3.55. The molecule has 106 valence electrons. The highest BCUT2D eigenvalue weighted by atomic mass is 32.1. The van der Waals surface area contributed by atoms with E-state index in [0.717, 1.165) is 6.54 Å². The summed E-state index contributed by atoms with van der Waals surface area (Å²) in [7, 11) is 4.12. The van der Waals surface area contributed by atoms with Crippen LogP contribution in [-0.2, 0) is 6.54 Å². The Morgan fingerprint density at radius 3 is 2.48 bits per heavy atom. The molecule has 0 radical (unpaired) electrons. The molecule has 21 heavy (non-hydrogen) atoms. The summed E-state index contributed by atoms with van der Waals surface area (Å²) in [6.07, 6.45) is 1.96. The van der Waals surface area contributed by atoms with Crippen molar-refractivity contribution in [2.75, 3.05) is 19.0 Å². The van der Waals surface area contributed by atoms with E-state index in [1.54, 1.807) is 0 Å². The minimum Gasteiger partial charge on any atom is -0.378 e. The number of aromatic nitrogens is 1. The number of hydrogen-bond donors (Lipinski definition) is 0. The molecule has 3 rings (SSSR count). The number of hydrogen-bond acceptors (Lipinski definition) is 2. The van der Waals surface area contributed by atoms with Crippen molar-refractivity contribution in [2.45, 2.75) is 6.54 Å². The number of rotatable bonds is 4. The third-order valence-corrected chi connectivity index (χ3v) is 4.76. The Labute approximate surface area is 129 Å². The minimum absolute atomic E-state index is 0.828. The number of benzene rings is 2. The topological polar surface area (TPSA) is 7.12 Å². The van der Waals surface area contributed by atoms with E-state index < -0.39 is 0 Å². The van der Waals surface area contributed by atoms with Crippen LogP contribution in [0.5, 0.6) is 0 Å². The van der Waals surface area contributed by atoms with Crippen LogP contribution in [0, 0.1) is 0 Å². The molecule has 0 fully saturated rings. The van der Waals surface area contributed by atoms with Gasteiger partial charge in [-0.15, -0.1) is 0 Å². The van der Waals surface area contributed by atoms with Gasteiger partial charge in [0, 0.05) is 25.8 Å². The Kier molecular flexibility index (Phi) is 3.76. The summed E-state index contributed by atoms with van der Waals surface area (Å²) in [4.78, 5) is 2.12. The van der Waals surface area contributed by atoms with Crippen molar-refractivity contribution in [3.63, 3.8) is 0 Å². The van der Waals surface area contributed by atoms with E-state index in [1.165, 1.54) is 26.5 Å². The minimum atomic E-state index is 0.828. The highest BCUT2D eigenvalue weighted by Crippen LogP contribution is 2.29. The summed E-state index contributed by atoms with van der Waals surface area (Å²) in [5, 5.41) is 1.28. The maximum Gasteiger partial charge on any atom is 0.270 e. The van der Waals surface area contributed by atoms with Crippen molar-refractivity contribution in [2.24, 2.45) is 0 Å². The normalized spacial score (nSPS) is 10.8. The summed E-state index contributed by atoms with van der Waals surface area (Å²) >= 11 is 1.83. The molecule has 2 nitrogen and oxygen atoms in total. The number of nitrogens with zero attached hydrogens (tertiary/aromatic N) is 2. The van der Waals surface area contributed by atoms with Crippen molar-refractivity contribution in [3.05, 3.63) is 61.2 Å². The Bertz CT molecular complexity index is 770. The zero-order valence-electron chi connectivity index (χ0n) is 12.4. The first-order chi connectivity index (χ1) is 10.2. The van der Waals surface area contributed by atoms with Crippen LogP contribution in [0.2, 0.25) is 0 Å². The zero-order valence-corrected chi connectivity index (χ0v) is 13.2. The van der Waals surface area contributed by atoms with E-state index in [4.69, 9.17) is 0 Å². The van der Waals surface area contributed by atoms with Gasteiger partial charge in [-0.05, 0) is 36.4 Å². The van der Waals surface area contributed by atoms with Crippen LogP contribution < -0.4 is 9.47 Å². The standard InChI is InChI=1S/C18H19N2S/c1-4-13-20-16-7-5-6-8-17(16)21-18(20)14-9-11-15(12-10-14)19(2)3/h4-12H,1,13H2,2-3H3/q+1. The molecule has 0 aliphatic carbocycles. The smallest absolute Gasteiger partial charge is 0.270 e. The van der Waals surface area contributed by atoms with Crippen LogP contribution in [-0.4, -0.2) is 14.1 Å². The predicted octanol–water partition coefficient (Wildman–Crippen LogP) is 4.11. The fourth-order valence-electron chi connectivity index (χ4n) is 2.46. The van der Waals surface area contributed by atoms with Gasteiger partial charge >= 0.3 is 0 Å². The van der Waals surface area contributed by atoms with Gasteiger partial charge in [-0.1, -0.05) is 30.0 Å². The van der Waals surface area contributed by atoms with Crippen LogP contribution in [0.4, 0.5) is 5.69 Å². The van der Waals surface area contributed by atoms with Gasteiger partial charge < -0.3 is 4.90 Å². The molecule has 0 unspecified atom stereocenters. The van der Waals surface area contributed by atoms with Gasteiger partial charge in [0.1, 0.15) is 4.70 Å². The van der Waals surface area contributed by atoms with Gasteiger partial charge in [0.15, 0.2) is 6.54 Å². The Morgan fingerprint density at radius 1 is 1.10 bits per heavy atom. The predicted molar refractivity (Wildman–Crippen MR) is 92.0 cm³/mol. The molecule has 0 aliphatic heterocycles. The van der Waals surface area contributed by atoms with Gasteiger partial charge in [-0.3, -0.25) is 0 Å². The summed E-state index contributed by atoms with van der Waals surface area (Å²) in [6, 6.07) is 17.3. The third kappa shape index (κ3) is 2.57. The lowest BCUT2D eigenvalue weighted by molar-refractivity contribution is -0.646. The number of anilines is 1. The number of fused-ring (bicyclic) bond motifs is 1. The van der Waals surface area contributed by atoms with E-state index in [1.807, 2.05) is 17.4 Å². The summed E-state index contributed by atoms with van der Waals surface area (Å²) < 4.78 is 3.64. The van der Waals surface area contributed by atoms with Crippen LogP contribution in [0.1, 0.15) is 0 Å². The van der Waals surface area contributed by atoms with Crippen molar-refractivity contribution in [1.29, 1.82) is 0 Å². The molecule has 1 aromatic heterocycles. The maximum atomic E-state index is 3.89. The van der Waals surface area contributed by atoms with Gasteiger partial charge in [-0.2, -0.15) is 4.57 Å². The van der Waals surface area contributed by atoms with Crippen LogP contribution in [0.25, 0.3) is 20.8 Å². The highest BCUT2D eigenvalue weighted by Gasteiger charge is 2.20. The molecule has 0 spiro atoms. The van der Waals surface area contributed by atoms with Crippen molar-refractivity contribution >= 4 is 27.2 Å². The lowest BCUT2D eigenvalue weighted by Crippen LogP contribution is -2.33. The van der Waals surface area contributed by atoms with Gasteiger partial charge in [0.05, 0.1) is 5.56 Å². The Hall–Kier alpha value is -2.13. The molecular formula is C18H19N2S+. The molecule has 0 saturated carbocycles. The maximum absolute atomic E-state index is 3.89. The van der Waals surface area contributed by atoms with Gasteiger partial charge in [0.2, 0.25) is 5.52 Å². The van der Waals surface area contributed by atoms with Crippen molar-refractivity contribution < 1.29 is 4.57 Å². The second-order valence-electron chi connectivity index (χ2n) is 5.22. The van der Waals surface area contributed by atoms with Crippen LogP contribution in [0.3, 0.4) is 0 Å². The quantitative estimate of drug-likeness (QED) is 0.519. The molecule has 3 heteroatoms. The first kappa shape index (κ1) is 13.8. The second-order valence-corrected chi connectivity index (χ2v) is 6.25. The molecular weight excluding hydrogens is 276 g/mol. The molecule has 0 aliphatic rings. The number of thiazole rings is 1. The zero-order chi connectivity index (χ0) is 14.8. The first-order valence-electron chi connectivity index (χ1n) is 7.00. The average Bonchev–Trinajstić information content (AvgIpc) is 2.87. The largest absolute Gasteiger partial charge is 0.378 e. The average molecular weight is 295 g/mol. The fourth-order valence-corrected chi connectivity index (χ4v) is 3.64. The molecule has 0 saturated heterocycles. The Morgan fingerprint density at radius 2 is 1.81 bits per heavy atom. The van der Waals surface area contributed by atoms with E-state index in [9.17, 15) is 0 Å². The number of allylic oxidation sites excluding steroid dienone is 1. The monoisotopic (exact) mass is 295 g/mol. The van der Waals surface area contributed by atoms with E-state index in [0.29, 0.717) is 0 Å². The molecule has 2 aromatic carbocycles. The first-order valence-corrected chi connectivity index (χ1v) is 7.82. The van der Waals surface area contributed by atoms with E-state index >= 15 is 0 Å². The fraction of sp³-hybridized carbons (Fsp3) is 0.167. The van der Waals surface area contributed by atoms with Crippen molar-refractivity contribution in [3.8, 4) is 10.6 Å². The van der Waals surface area contributed by atoms with Crippen LogP contribution in [0.15, 0.2) is 61.2 Å². The molecule has 0 amide bonds. The molecule has 0 bridgehead atoms.